The van der Waals surface area contributed by atoms with Crippen LogP contribution in [0.5, 0.6) is 5.75 Å². The van der Waals surface area contributed by atoms with Gasteiger partial charge in [0.15, 0.2) is 0 Å². The fourth-order valence-electron chi connectivity index (χ4n) is 2.70. The standard InChI is InChI=1S/C16H25NO/c1-14-7-5-8-15(13-14)17-11-6-12-18-16-9-3-2-4-10-16/h2-4,9-10,14-15,17H,5-8,11-13H2,1H3. The second-order valence-electron chi connectivity index (χ2n) is 5.44. The van der Waals surface area contributed by atoms with Crippen molar-refractivity contribution in [3.8, 4) is 5.75 Å². The first-order valence-corrected chi connectivity index (χ1v) is 7.26. The monoisotopic (exact) mass is 247 g/mol. The lowest BCUT2D eigenvalue weighted by molar-refractivity contribution is 0.278. The quantitative estimate of drug-likeness (QED) is 0.775. The maximum Gasteiger partial charge on any atom is 0.119 e. The number of benzene rings is 1. The fourth-order valence-corrected chi connectivity index (χ4v) is 2.70. The van der Waals surface area contributed by atoms with Crippen LogP contribution in [0.2, 0.25) is 0 Å². The predicted octanol–water partition coefficient (Wildman–Crippen LogP) is 3.62. The van der Waals surface area contributed by atoms with Crippen LogP contribution in [0, 0.1) is 5.92 Å². The Labute approximate surface area is 111 Å². The van der Waals surface area contributed by atoms with Gasteiger partial charge < -0.3 is 10.1 Å². The molecule has 0 amide bonds. The zero-order valence-electron chi connectivity index (χ0n) is 11.4. The SMILES string of the molecule is CC1CCCC(NCCCOc2ccccc2)C1. The maximum atomic E-state index is 5.68. The minimum atomic E-state index is 0.741. The molecule has 0 aliphatic heterocycles. The summed E-state index contributed by atoms with van der Waals surface area (Å²) in [5, 5.41) is 3.66. The van der Waals surface area contributed by atoms with E-state index in [-0.39, 0.29) is 0 Å². The number of hydrogen-bond acceptors (Lipinski definition) is 2. The minimum absolute atomic E-state index is 0.741. The molecule has 0 spiro atoms. The molecule has 0 heterocycles. The molecule has 0 radical (unpaired) electrons. The number of rotatable bonds is 6. The first-order chi connectivity index (χ1) is 8.84. The van der Waals surface area contributed by atoms with Gasteiger partial charge in [0.2, 0.25) is 0 Å². The summed E-state index contributed by atoms with van der Waals surface area (Å²) in [6.07, 6.45) is 6.58. The highest BCUT2D eigenvalue weighted by atomic mass is 16.5. The lowest BCUT2D eigenvalue weighted by Crippen LogP contribution is -2.34. The molecule has 1 aliphatic carbocycles. The Hall–Kier alpha value is -1.02. The Bertz CT molecular complexity index is 325. The lowest BCUT2D eigenvalue weighted by atomic mass is 9.87. The van der Waals surface area contributed by atoms with Crippen LogP contribution in [0.3, 0.4) is 0 Å². The maximum absolute atomic E-state index is 5.68. The zero-order chi connectivity index (χ0) is 12.6. The van der Waals surface area contributed by atoms with E-state index < -0.39 is 0 Å². The van der Waals surface area contributed by atoms with Gasteiger partial charge >= 0.3 is 0 Å². The zero-order valence-corrected chi connectivity index (χ0v) is 11.4. The van der Waals surface area contributed by atoms with E-state index in [0.717, 1.165) is 37.3 Å². The normalized spacial score (nSPS) is 23.8. The highest BCUT2D eigenvalue weighted by Crippen LogP contribution is 2.23. The molecule has 0 aromatic heterocycles. The number of hydrogen-bond donors (Lipinski definition) is 1. The molecule has 2 heteroatoms. The van der Waals surface area contributed by atoms with Crippen LogP contribution in [-0.2, 0) is 0 Å². The van der Waals surface area contributed by atoms with Gasteiger partial charge in [0, 0.05) is 6.04 Å². The van der Waals surface area contributed by atoms with Crippen molar-refractivity contribution in [1.82, 2.24) is 5.32 Å². The second kappa shape index (κ2) is 7.42. The summed E-state index contributed by atoms with van der Waals surface area (Å²) in [7, 11) is 0. The van der Waals surface area contributed by atoms with Gasteiger partial charge in [-0.2, -0.15) is 0 Å². The van der Waals surface area contributed by atoms with Crippen LogP contribution in [0.1, 0.15) is 39.0 Å². The summed E-state index contributed by atoms with van der Waals surface area (Å²) in [4.78, 5) is 0. The van der Waals surface area contributed by atoms with E-state index in [1.165, 1.54) is 25.7 Å². The van der Waals surface area contributed by atoms with Crippen LogP contribution in [0.4, 0.5) is 0 Å². The Balaban J connectivity index is 1.53. The van der Waals surface area contributed by atoms with Crippen molar-refractivity contribution in [2.24, 2.45) is 5.92 Å². The third-order valence-electron chi connectivity index (χ3n) is 3.70. The second-order valence-corrected chi connectivity index (χ2v) is 5.44. The first kappa shape index (κ1) is 13.4. The van der Waals surface area contributed by atoms with Crippen molar-refractivity contribution in [1.29, 1.82) is 0 Å². The molecule has 2 rings (SSSR count). The van der Waals surface area contributed by atoms with Gasteiger partial charge in [-0.3, -0.25) is 0 Å². The molecule has 1 fully saturated rings. The molecule has 0 saturated heterocycles. The van der Waals surface area contributed by atoms with Crippen molar-refractivity contribution in [3.63, 3.8) is 0 Å². The van der Waals surface area contributed by atoms with Gasteiger partial charge in [0.05, 0.1) is 6.61 Å². The number of ether oxygens (including phenoxy) is 1. The van der Waals surface area contributed by atoms with Crippen molar-refractivity contribution in [3.05, 3.63) is 30.3 Å². The van der Waals surface area contributed by atoms with E-state index in [0.29, 0.717) is 0 Å². The Morgan fingerprint density at radius 2 is 2.06 bits per heavy atom. The van der Waals surface area contributed by atoms with Crippen LogP contribution < -0.4 is 10.1 Å². The van der Waals surface area contributed by atoms with Gasteiger partial charge in [-0.25, -0.2) is 0 Å². The molecule has 0 bridgehead atoms. The summed E-state index contributed by atoms with van der Waals surface area (Å²) in [6.45, 7) is 4.25. The van der Waals surface area contributed by atoms with Gasteiger partial charge in [0.1, 0.15) is 5.75 Å². The molecule has 2 atom stereocenters. The molecule has 2 unspecified atom stereocenters. The molecule has 1 aliphatic rings. The molecule has 1 saturated carbocycles. The van der Waals surface area contributed by atoms with Gasteiger partial charge in [-0.05, 0) is 43.9 Å². The summed E-state index contributed by atoms with van der Waals surface area (Å²) in [6, 6.07) is 10.8. The largest absolute Gasteiger partial charge is 0.494 e. The molecule has 1 N–H and O–H groups in total. The van der Waals surface area contributed by atoms with E-state index in [4.69, 9.17) is 4.74 Å². The lowest BCUT2D eigenvalue weighted by Gasteiger charge is -2.27. The molecule has 2 nitrogen and oxygen atoms in total. The third-order valence-corrected chi connectivity index (χ3v) is 3.70. The average Bonchev–Trinajstić information content (AvgIpc) is 2.40. The average molecular weight is 247 g/mol. The summed E-state index contributed by atoms with van der Waals surface area (Å²) < 4.78 is 5.68. The number of para-hydroxylation sites is 1. The van der Waals surface area contributed by atoms with Crippen LogP contribution in [0.15, 0.2) is 30.3 Å². The van der Waals surface area contributed by atoms with E-state index in [9.17, 15) is 0 Å². The Morgan fingerprint density at radius 3 is 2.83 bits per heavy atom. The fraction of sp³-hybridized carbons (Fsp3) is 0.625. The highest BCUT2D eigenvalue weighted by Gasteiger charge is 2.17. The molecule has 18 heavy (non-hydrogen) atoms. The molecule has 1 aromatic rings. The topological polar surface area (TPSA) is 21.3 Å². The van der Waals surface area contributed by atoms with Crippen LogP contribution in [-0.4, -0.2) is 19.2 Å². The van der Waals surface area contributed by atoms with E-state index >= 15 is 0 Å². The first-order valence-electron chi connectivity index (χ1n) is 7.26. The van der Waals surface area contributed by atoms with E-state index in [1.807, 2.05) is 30.3 Å². The van der Waals surface area contributed by atoms with Gasteiger partial charge in [-0.15, -0.1) is 0 Å². The number of nitrogens with one attached hydrogen (secondary N) is 1. The molecular weight excluding hydrogens is 222 g/mol. The van der Waals surface area contributed by atoms with Crippen LogP contribution in [0.25, 0.3) is 0 Å². The summed E-state index contributed by atoms with van der Waals surface area (Å²) in [5.41, 5.74) is 0. The predicted molar refractivity (Wildman–Crippen MR) is 76.0 cm³/mol. The molecule has 1 aromatic carbocycles. The van der Waals surface area contributed by atoms with Gasteiger partial charge in [0.25, 0.3) is 0 Å². The molecular formula is C16H25NO. The van der Waals surface area contributed by atoms with Crippen LogP contribution >= 0.6 is 0 Å². The van der Waals surface area contributed by atoms with Gasteiger partial charge in [-0.1, -0.05) is 38.0 Å². The van der Waals surface area contributed by atoms with Crippen molar-refractivity contribution in [2.75, 3.05) is 13.2 Å². The van der Waals surface area contributed by atoms with Crippen molar-refractivity contribution >= 4 is 0 Å². The summed E-state index contributed by atoms with van der Waals surface area (Å²) >= 11 is 0. The van der Waals surface area contributed by atoms with E-state index in [2.05, 4.69) is 12.2 Å². The van der Waals surface area contributed by atoms with Crippen molar-refractivity contribution < 1.29 is 4.74 Å². The minimum Gasteiger partial charge on any atom is -0.494 e. The third kappa shape index (κ3) is 4.69. The Morgan fingerprint density at radius 1 is 1.22 bits per heavy atom. The summed E-state index contributed by atoms with van der Waals surface area (Å²) in [5.74, 6) is 1.88. The Kier molecular flexibility index (Phi) is 5.53. The van der Waals surface area contributed by atoms with E-state index in [1.54, 1.807) is 0 Å². The highest BCUT2D eigenvalue weighted by molar-refractivity contribution is 5.20. The molecule has 100 valence electrons. The smallest absolute Gasteiger partial charge is 0.119 e. The van der Waals surface area contributed by atoms with Crippen molar-refractivity contribution in [2.45, 2.75) is 45.1 Å².